The summed E-state index contributed by atoms with van der Waals surface area (Å²) < 4.78 is 55.9. The third kappa shape index (κ3) is 4.21. The minimum absolute atomic E-state index is 0.0122. The number of amides is 1. The van der Waals surface area contributed by atoms with Crippen molar-refractivity contribution in [3.05, 3.63) is 47.9 Å². The first kappa shape index (κ1) is 20.7. The maximum Gasteiger partial charge on any atom is 0.438 e. The number of hydrogen-bond donors (Lipinski definition) is 1. The maximum absolute atomic E-state index is 13.3. The van der Waals surface area contributed by atoms with Gasteiger partial charge in [0.15, 0.2) is 5.76 Å². The van der Waals surface area contributed by atoms with E-state index in [2.05, 4.69) is 5.10 Å². The number of ether oxygens (including phenoxy) is 2. The Balaban J connectivity index is 1.68. The van der Waals surface area contributed by atoms with Crippen molar-refractivity contribution in [1.82, 2.24) is 5.01 Å². The van der Waals surface area contributed by atoms with Crippen LogP contribution < -0.4 is 9.47 Å². The molecule has 0 radical (unpaired) electrons. The number of hydrazone groups is 1. The molecule has 0 spiro atoms. The zero-order valence-electron chi connectivity index (χ0n) is 15.7. The average molecular weight is 412 g/mol. The molecule has 3 rings (SSSR count). The molecule has 2 heterocycles. The Morgan fingerprint density at radius 3 is 2.41 bits per heavy atom. The summed E-state index contributed by atoms with van der Waals surface area (Å²) in [4.78, 5) is 12.5. The Bertz CT molecular complexity index is 907. The number of carbonyl (C=O) groups is 1. The van der Waals surface area contributed by atoms with Gasteiger partial charge in [-0.05, 0) is 50.2 Å². The zero-order chi connectivity index (χ0) is 21.2. The van der Waals surface area contributed by atoms with Gasteiger partial charge in [-0.25, -0.2) is 0 Å². The van der Waals surface area contributed by atoms with Crippen LogP contribution in [0.2, 0.25) is 0 Å². The van der Waals surface area contributed by atoms with Crippen LogP contribution in [0.5, 0.6) is 11.5 Å². The van der Waals surface area contributed by atoms with Gasteiger partial charge in [0.05, 0.1) is 6.61 Å². The van der Waals surface area contributed by atoms with E-state index in [1.165, 1.54) is 19.1 Å². The molecule has 2 aromatic rings. The van der Waals surface area contributed by atoms with E-state index in [0.717, 1.165) is 0 Å². The quantitative estimate of drug-likeness (QED) is 0.782. The molecular weight excluding hydrogens is 393 g/mol. The van der Waals surface area contributed by atoms with E-state index in [-0.39, 0.29) is 23.1 Å². The largest absolute Gasteiger partial charge is 0.494 e. The normalized spacial score (nSPS) is 19.2. The second kappa shape index (κ2) is 7.78. The fraction of sp³-hybridized carbons (Fsp3) is 0.368. The first-order valence-electron chi connectivity index (χ1n) is 8.76. The lowest BCUT2D eigenvalue weighted by Gasteiger charge is -2.32. The van der Waals surface area contributed by atoms with Gasteiger partial charge in [0.25, 0.3) is 5.72 Å². The molecule has 0 fully saturated rings. The molecule has 1 aromatic heterocycles. The van der Waals surface area contributed by atoms with Crippen LogP contribution in [0.4, 0.5) is 13.2 Å². The molecule has 0 aliphatic carbocycles. The molecule has 10 heteroatoms. The van der Waals surface area contributed by atoms with E-state index >= 15 is 0 Å². The standard InChI is InChI=1S/C19H19F3N2O5/c1-3-27-13-4-6-14(7-5-13)28-11-15-8-9-16(29-15)17(25)24-18(26,19(20,21)22)10-12(2)23-24/h4-9,26H,3,10-11H2,1-2H3/t18-/m1/s1. The number of hydrogen-bond acceptors (Lipinski definition) is 6. The predicted molar refractivity (Wildman–Crippen MR) is 95.6 cm³/mol. The molecule has 0 saturated carbocycles. The zero-order valence-corrected chi connectivity index (χ0v) is 15.7. The van der Waals surface area contributed by atoms with Crippen LogP contribution in [-0.2, 0) is 6.61 Å². The van der Waals surface area contributed by atoms with E-state index in [4.69, 9.17) is 13.9 Å². The Hall–Kier alpha value is -3.01. The monoisotopic (exact) mass is 412 g/mol. The lowest BCUT2D eigenvalue weighted by molar-refractivity contribution is -0.297. The van der Waals surface area contributed by atoms with Crippen molar-refractivity contribution in [2.24, 2.45) is 5.10 Å². The minimum Gasteiger partial charge on any atom is -0.494 e. The molecule has 1 atom stereocenters. The molecule has 29 heavy (non-hydrogen) atoms. The molecule has 0 bridgehead atoms. The van der Waals surface area contributed by atoms with E-state index in [9.17, 15) is 23.1 Å². The summed E-state index contributed by atoms with van der Waals surface area (Å²) >= 11 is 0. The molecule has 7 nitrogen and oxygen atoms in total. The Morgan fingerprint density at radius 2 is 1.83 bits per heavy atom. The summed E-state index contributed by atoms with van der Waals surface area (Å²) in [5.41, 5.74) is -3.43. The molecule has 156 valence electrons. The van der Waals surface area contributed by atoms with Gasteiger partial charge in [-0.1, -0.05) is 0 Å². The van der Waals surface area contributed by atoms with Crippen molar-refractivity contribution in [3.8, 4) is 11.5 Å². The number of carbonyl (C=O) groups excluding carboxylic acids is 1. The lowest BCUT2D eigenvalue weighted by Crippen LogP contribution is -2.56. The second-order valence-electron chi connectivity index (χ2n) is 6.40. The van der Waals surface area contributed by atoms with Crippen molar-refractivity contribution in [3.63, 3.8) is 0 Å². The number of furan rings is 1. The van der Waals surface area contributed by atoms with Gasteiger partial charge in [0, 0.05) is 12.1 Å². The van der Waals surface area contributed by atoms with Gasteiger partial charge in [-0.2, -0.15) is 23.3 Å². The summed E-state index contributed by atoms with van der Waals surface area (Å²) in [6.07, 6.45) is -5.90. The van der Waals surface area contributed by atoms with Crippen molar-refractivity contribution in [2.45, 2.75) is 38.8 Å². The van der Waals surface area contributed by atoms with Crippen molar-refractivity contribution in [1.29, 1.82) is 0 Å². The Morgan fingerprint density at radius 1 is 1.21 bits per heavy atom. The molecule has 1 aliphatic rings. The molecule has 1 N–H and O–H groups in total. The lowest BCUT2D eigenvalue weighted by atomic mass is 10.1. The van der Waals surface area contributed by atoms with Crippen LogP contribution >= 0.6 is 0 Å². The average Bonchev–Trinajstić information content (AvgIpc) is 3.25. The number of halogens is 3. The van der Waals surface area contributed by atoms with Gasteiger partial charge in [0.1, 0.15) is 23.9 Å². The Labute approximate surface area is 164 Å². The van der Waals surface area contributed by atoms with Crippen LogP contribution in [0.1, 0.15) is 36.6 Å². The minimum atomic E-state index is -5.07. The Kier molecular flexibility index (Phi) is 5.56. The van der Waals surface area contributed by atoms with Gasteiger partial charge < -0.3 is 19.0 Å². The van der Waals surface area contributed by atoms with Gasteiger partial charge >= 0.3 is 12.1 Å². The highest BCUT2D eigenvalue weighted by molar-refractivity contribution is 5.96. The molecule has 0 saturated heterocycles. The van der Waals surface area contributed by atoms with Crippen molar-refractivity contribution in [2.75, 3.05) is 6.61 Å². The summed E-state index contributed by atoms with van der Waals surface area (Å²) in [5.74, 6) is -0.170. The van der Waals surface area contributed by atoms with Crippen LogP contribution in [-0.4, -0.2) is 40.2 Å². The highest BCUT2D eigenvalue weighted by Gasteiger charge is 2.63. The van der Waals surface area contributed by atoms with Crippen LogP contribution in [0.15, 0.2) is 45.9 Å². The van der Waals surface area contributed by atoms with Crippen LogP contribution in [0, 0.1) is 0 Å². The van der Waals surface area contributed by atoms with Crippen LogP contribution in [0.25, 0.3) is 0 Å². The molecule has 1 aromatic carbocycles. The summed E-state index contributed by atoms with van der Waals surface area (Å²) in [5, 5.41) is 13.5. The molecule has 0 unspecified atom stereocenters. The van der Waals surface area contributed by atoms with Crippen molar-refractivity contribution < 1.29 is 37.0 Å². The summed E-state index contributed by atoms with van der Waals surface area (Å²) in [6, 6.07) is 9.43. The first-order valence-corrected chi connectivity index (χ1v) is 8.76. The van der Waals surface area contributed by atoms with Gasteiger partial charge in [-0.3, -0.25) is 4.79 Å². The SMILES string of the molecule is CCOc1ccc(OCc2ccc(C(=O)N3N=C(C)C[C@@]3(O)C(F)(F)F)o2)cc1. The molecule has 1 amide bonds. The van der Waals surface area contributed by atoms with Crippen molar-refractivity contribution >= 4 is 11.6 Å². The predicted octanol–water partition coefficient (Wildman–Crippen LogP) is 3.73. The van der Waals surface area contributed by atoms with Crippen LogP contribution in [0.3, 0.4) is 0 Å². The summed E-state index contributed by atoms with van der Waals surface area (Å²) in [6.45, 7) is 3.65. The number of alkyl halides is 3. The van der Waals surface area contributed by atoms with Gasteiger partial charge in [-0.15, -0.1) is 0 Å². The fourth-order valence-electron chi connectivity index (χ4n) is 2.78. The van der Waals surface area contributed by atoms with E-state index in [1.807, 2.05) is 6.92 Å². The smallest absolute Gasteiger partial charge is 0.438 e. The highest BCUT2D eigenvalue weighted by Crippen LogP contribution is 2.41. The first-order chi connectivity index (χ1) is 13.6. The van der Waals surface area contributed by atoms with E-state index < -0.39 is 30.0 Å². The second-order valence-corrected chi connectivity index (χ2v) is 6.40. The van der Waals surface area contributed by atoms with E-state index in [1.54, 1.807) is 24.3 Å². The highest BCUT2D eigenvalue weighted by atomic mass is 19.4. The van der Waals surface area contributed by atoms with E-state index in [0.29, 0.717) is 18.1 Å². The number of nitrogens with zero attached hydrogens (tertiary/aromatic N) is 2. The third-order valence-corrected chi connectivity index (χ3v) is 4.16. The van der Waals surface area contributed by atoms with Gasteiger partial charge in [0.2, 0.25) is 0 Å². The topological polar surface area (TPSA) is 84.5 Å². The molecular formula is C19H19F3N2O5. The molecule has 1 aliphatic heterocycles. The number of rotatable bonds is 6. The number of benzene rings is 1. The maximum atomic E-state index is 13.3. The third-order valence-electron chi connectivity index (χ3n) is 4.16. The number of aliphatic hydroxyl groups is 1. The summed E-state index contributed by atoms with van der Waals surface area (Å²) in [7, 11) is 0. The fourth-order valence-corrected chi connectivity index (χ4v) is 2.78.